The van der Waals surface area contributed by atoms with Gasteiger partial charge in [0.15, 0.2) is 6.61 Å². The third kappa shape index (κ3) is 3.42. The molecular formula is C17H25N3O2. The lowest BCUT2D eigenvalue weighted by Crippen LogP contribution is -2.56. The van der Waals surface area contributed by atoms with Crippen molar-refractivity contribution >= 4 is 5.91 Å². The number of rotatable bonds is 4. The Morgan fingerprint density at radius 1 is 1.32 bits per heavy atom. The van der Waals surface area contributed by atoms with Crippen LogP contribution < -0.4 is 15.6 Å². The molecule has 2 N–H and O–H groups in total. The predicted octanol–water partition coefficient (Wildman–Crippen LogP) is 1.56. The molecule has 0 aromatic heterocycles. The molecule has 0 saturated carbocycles. The van der Waals surface area contributed by atoms with Crippen LogP contribution >= 0.6 is 0 Å². The Labute approximate surface area is 132 Å². The van der Waals surface area contributed by atoms with Gasteiger partial charge in [0.05, 0.1) is 0 Å². The minimum Gasteiger partial charge on any atom is -0.484 e. The number of para-hydroxylation sites is 1. The topological polar surface area (TPSA) is 53.6 Å². The smallest absolute Gasteiger partial charge is 0.260 e. The lowest BCUT2D eigenvalue weighted by atomic mass is 9.89. The van der Waals surface area contributed by atoms with E-state index in [9.17, 15) is 4.79 Å². The zero-order valence-electron chi connectivity index (χ0n) is 13.1. The van der Waals surface area contributed by atoms with Gasteiger partial charge in [-0.3, -0.25) is 15.6 Å². The average molecular weight is 303 g/mol. The molecule has 5 nitrogen and oxygen atoms in total. The summed E-state index contributed by atoms with van der Waals surface area (Å²) in [5.41, 5.74) is 6.57. The van der Waals surface area contributed by atoms with E-state index in [0.29, 0.717) is 12.0 Å². The maximum absolute atomic E-state index is 12.6. The molecule has 2 heterocycles. The van der Waals surface area contributed by atoms with Gasteiger partial charge in [0.2, 0.25) is 0 Å². The van der Waals surface area contributed by atoms with Crippen molar-refractivity contribution in [2.45, 2.75) is 38.3 Å². The molecule has 2 saturated heterocycles. The SMILES string of the molecule is CC1CNNC1C1CCCCN1C(=O)COc1ccccc1. The number of carbonyl (C=O) groups excluding carboxylic acids is 1. The number of nitrogens with zero attached hydrogens (tertiary/aromatic N) is 1. The van der Waals surface area contributed by atoms with Crippen molar-refractivity contribution < 1.29 is 9.53 Å². The molecule has 2 fully saturated rings. The molecule has 3 unspecified atom stereocenters. The molecule has 2 aliphatic rings. The quantitative estimate of drug-likeness (QED) is 0.886. The number of amides is 1. The van der Waals surface area contributed by atoms with Crippen molar-refractivity contribution in [3.63, 3.8) is 0 Å². The zero-order valence-corrected chi connectivity index (χ0v) is 13.1. The molecule has 0 radical (unpaired) electrons. The number of hydrazine groups is 1. The summed E-state index contributed by atoms with van der Waals surface area (Å²) < 4.78 is 5.63. The number of benzene rings is 1. The van der Waals surface area contributed by atoms with E-state index in [-0.39, 0.29) is 18.6 Å². The third-order valence-electron chi connectivity index (χ3n) is 4.70. The van der Waals surface area contributed by atoms with Crippen molar-refractivity contribution in [1.29, 1.82) is 0 Å². The highest BCUT2D eigenvalue weighted by Crippen LogP contribution is 2.25. The van der Waals surface area contributed by atoms with Crippen LogP contribution in [0.25, 0.3) is 0 Å². The van der Waals surface area contributed by atoms with E-state index in [2.05, 4.69) is 17.8 Å². The molecule has 120 valence electrons. The van der Waals surface area contributed by atoms with Gasteiger partial charge in [0.1, 0.15) is 5.75 Å². The molecule has 22 heavy (non-hydrogen) atoms. The lowest BCUT2D eigenvalue weighted by molar-refractivity contribution is -0.138. The Morgan fingerprint density at radius 2 is 2.14 bits per heavy atom. The molecule has 2 aliphatic heterocycles. The Kier molecular flexibility index (Phi) is 4.95. The van der Waals surface area contributed by atoms with E-state index in [1.165, 1.54) is 6.42 Å². The van der Waals surface area contributed by atoms with Gasteiger partial charge in [-0.25, -0.2) is 0 Å². The van der Waals surface area contributed by atoms with Crippen molar-refractivity contribution in [3.05, 3.63) is 30.3 Å². The molecule has 3 rings (SSSR count). The fourth-order valence-electron chi connectivity index (χ4n) is 3.47. The molecule has 0 bridgehead atoms. The number of ether oxygens (including phenoxy) is 1. The van der Waals surface area contributed by atoms with Crippen molar-refractivity contribution in [2.24, 2.45) is 5.92 Å². The highest BCUT2D eigenvalue weighted by atomic mass is 16.5. The summed E-state index contributed by atoms with van der Waals surface area (Å²) >= 11 is 0. The van der Waals surface area contributed by atoms with Gasteiger partial charge >= 0.3 is 0 Å². The van der Waals surface area contributed by atoms with Crippen LogP contribution in [0.15, 0.2) is 30.3 Å². The number of piperidine rings is 1. The Balaban J connectivity index is 1.61. The summed E-state index contributed by atoms with van der Waals surface area (Å²) in [4.78, 5) is 14.6. The number of nitrogens with one attached hydrogen (secondary N) is 2. The first-order valence-electron chi connectivity index (χ1n) is 8.21. The highest BCUT2D eigenvalue weighted by Gasteiger charge is 2.37. The van der Waals surface area contributed by atoms with Crippen LogP contribution in [0.5, 0.6) is 5.75 Å². The van der Waals surface area contributed by atoms with Gasteiger partial charge in [0, 0.05) is 25.2 Å². The van der Waals surface area contributed by atoms with Crippen molar-refractivity contribution in [1.82, 2.24) is 15.8 Å². The second-order valence-electron chi connectivity index (χ2n) is 6.28. The van der Waals surface area contributed by atoms with Gasteiger partial charge in [-0.15, -0.1) is 0 Å². The Morgan fingerprint density at radius 3 is 2.86 bits per heavy atom. The van der Waals surface area contributed by atoms with Crippen molar-refractivity contribution in [2.75, 3.05) is 19.7 Å². The number of likely N-dealkylation sites (tertiary alicyclic amines) is 1. The van der Waals surface area contributed by atoms with E-state index < -0.39 is 0 Å². The van der Waals surface area contributed by atoms with E-state index in [4.69, 9.17) is 4.74 Å². The molecule has 5 heteroatoms. The van der Waals surface area contributed by atoms with Crippen LogP contribution in [0, 0.1) is 5.92 Å². The second-order valence-corrected chi connectivity index (χ2v) is 6.28. The maximum atomic E-state index is 12.6. The summed E-state index contributed by atoms with van der Waals surface area (Å²) in [7, 11) is 0. The summed E-state index contributed by atoms with van der Waals surface area (Å²) in [6, 6.07) is 10.1. The standard InChI is InChI=1S/C17H25N3O2/c1-13-11-18-19-17(13)15-9-5-6-10-20(15)16(21)12-22-14-7-3-2-4-8-14/h2-4,7-8,13,15,17-19H,5-6,9-12H2,1H3. The zero-order chi connectivity index (χ0) is 15.4. The average Bonchev–Trinajstić information content (AvgIpc) is 2.99. The minimum absolute atomic E-state index is 0.0921. The fourth-order valence-corrected chi connectivity index (χ4v) is 3.47. The van der Waals surface area contributed by atoms with E-state index in [1.54, 1.807) is 0 Å². The van der Waals surface area contributed by atoms with Crippen LogP contribution in [0.3, 0.4) is 0 Å². The van der Waals surface area contributed by atoms with Gasteiger partial charge in [-0.05, 0) is 37.3 Å². The normalized spacial score (nSPS) is 28.6. The molecule has 1 aromatic carbocycles. The number of hydrogen-bond acceptors (Lipinski definition) is 4. The highest BCUT2D eigenvalue weighted by molar-refractivity contribution is 5.78. The summed E-state index contributed by atoms with van der Waals surface area (Å²) in [6.07, 6.45) is 3.35. The minimum atomic E-state index is 0.0921. The third-order valence-corrected chi connectivity index (χ3v) is 4.70. The number of carbonyl (C=O) groups is 1. The summed E-state index contributed by atoms with van der Waals surface area (Å²) in [5.74, 6) is 1.38. The molecule has 1 amide bonds. The van der Waals surface area contributed by atoms with Gasteiger partial charge in [0.25, 0.3) is 5.91 Å². The van der Waals surface area contributed by atoms with E-state index in [1.807, 2.05) is 35.2 Å². The van der Waals surface area contributed by atoms with Crippen LogP contribution in [-0.4, -0.2) is 42.6 Å². The predicted molar refractivity (Wildman–Crippen MR) is 85.4 cm³/mol. The monoisotopic (exact) mass is 303 g/mol. The van der Waals surface area contributed by atoms with E-state index >= 15 is 0 Å². The second kappa shape index (κ2) is 7.11. The summed E-state index contributed by atoms with van der Waals surface area (Å²) in [6.45, 7) is 4.15. The Hall–Kier alpha value is -1.59. The van der Waals surface area contributed by atoms with Crippen LogP contribution in [0.1, 0.15) is 26.2 Å². The lowest BCUT2D eigenvalue weighted by Gasteiger charge is -2.40. The van der Waals surface area contributed by atoms with Crippen LogP contribution in [0.4, 0.5) is 0 Å². The molecule has 3 atom stereocenters. The van der Waals surface area contributed by atoms with Gasteiger partial charge < -0.3 is 9.64 Å². The van der Waals surface area contributed by atoms with E-state index in [0.717, 1.165) is 31.7 Å². The molecular weight excluding hydrogens is 278 g/mol. The molecule has 1 aromatic rings. The fraction of sp³-hybridized carbons (Fsp3) is 0.588. The molecule has 0 aliphatic carbocycles. The maximum Gasteiger partial charge on any atom is 0.260 e. The Bertz CT molecular complexity index is 494. The van der Waals surface area contributed by atoms with Gasteiger partial charge in [-0.1, -0.05) is 25.1 Å². The first-order chi connectivity index (χ1) is 10.8. The van der Waals surface area contributed by atoms with Crippen LogP contribution in [-0.2, 0) is 4.79 Å². The first-order valence-corrected chi connectivity index (χ1v) is 8.21. The summed E-state index contributed by atoms with van der Waals surface area (Å²) in [5, 5.41) is 0. The van der Waals surface area contributed by atoms with Crippen molar-refractivity contribution in [3.8, 4) is 5.75 Å². The first kappa shape index (κ1) is 15.3. The van der Waals surface area contributed by atoms with Gasteiger partial charge in [-0.2, -0.15) is 0 Å². The number of hydrogen-bond donors (Lipinski definition) is 2. The largest absolute Gasteiger partial charge is 0.484 e. The van der Waals surface area contributed by atoms with Crippen LogP contribution in [0.2, 0.25) is 0 Å². The molecule has 0 spiro atoms.